The van der Waals surface area contributed by atoms with Crippen LogP contribution in [0, 0.1) is 0 Å². The van der Waals surface area contributed by atoms with Crippen molar-refractivity contribution in [2.45, 2.75) is 13.5 Å². The Morgan fingerprint density at radius 2 is 1.96 bits per heavy atom. The molecule has 0 unspecified atom stereocenters. The fourth-order valence-electron chi connectivity index (χ4n) is 2.27. The quantitative estimate of drug-likeness (QED) is 0.547. The number of carbonyl (C=O) groups is 1. The zero-order valence-electron chi connectivity index (χ0n) is 13.9. The number of halogens is 2. The zero-order valence-corrected chi connectivity index (χ0v) is 17.0. The van der Waals surface area contributed by atoms with Gasteiger partial charge in [0.15, 0.2) is 11.5 Å². The van der Waals surface area contributed by atoms with Gasteiger partial charge in [-0.2, -0.15) is 0 Å². The van der Waals surface area contributed by atoms with Crippen LogP contribution in [0.4, 0.5) is 0 Å². The van der Waals surface area contributed by atoms with Gasteiger partial charge >= 0.3 is 5.97 Å². The van der Waals surface area contributed by atoms with E-state index < -0.39 is 5.97 Å². The van der Waals surface area contributed by atoms with Gasteiger partial charge in [0.05, 0.1) is 16.8 Å². The molecule has 1 aromatic heterocycles. The van der Waals surface area contributed by atoms with E-state index in [1.165, 1.54) is 0 Å². The Kier molecular flexibility index (Phi) is 6.11. The van der Waals surface area contributed by atoms with E-state index in [2.05, 4.69) is 36.8 Å². The molecule has 0 amide bonds. The van der Waals surface area contributed by atoms with Gasteiger partial charge in [0.25, 0.3) is 0 Å². The Labute approximate surface area is 167 Å². The summed E-state index contributed by atoms with van der Waals surface area (Å²) in [5, 5.41) is 0. The summed E-state index contributed by atoms with van der Waals surface area (Å²) >= 11 is 6.52. The normalized spacial score (nSPS) is 15.3. The van der Waals surface area contributed by atoms with Crippen molar-refractivity contribution < 1.29 is 19.0 Å². The number of cyclic esters (lactones) is 1. The topological polar surface area (TPSA) is 57.7 Å². The number of hydrogen-bond acceptors (Lipinski definition) is 5. The van der Waals surface area contributed by atoms with Crippen LogP contribution in [-0.4, -0.2) is 17.6 Å². The van der Waals surface area contributed by atoms with E-state index in [1.807, 2.05) is 43.3 Å². The van der Waals surface area contributed by atoms with Crippen molar-refractivity contribution in [1.29, 1.82) is 0 Å². The number of ether oxygens (including phenoxy) is 3. The standard InChI is InChI=1S/C19H15Br2NO4/c1-2-24-15-9-12(10-16-17(20)18(21)19(23)26-16)6-7-14(15)25-11-13-5-3-4-8-22-13/h3-10H,2,11H2,1H3/b16-10-. The minimum absolute atomic E-state index is 0.347. The number of rotatable bonds is 6. The Morgan fingerprint density at radius 3 is 2.62 bits per heavy atom. The molecule has 5 nitrogen and oxygen atoms in total. The Morgan fingerprint density at radius 1 is 1.12 bits per heavy atom. The predicted octanol–water partition coefficient (Wildman–Crippen LogP) is 4.96. The molecule has 26 heavy (non-hydrogen) atoms. The number of pyridine rings is 1. The van der Waals surface area contributed by atoms with Gasteiger partial charge in [0.2, 0.25) is 0 Å². The first-order chi connectivity index (χ1) is 12.6. The Hall–Kier alpha value is -2.12. The predicted molar refractivity (Wildman–Crippen MR) is 105 cm³/mol. The average Bonchev–Trinajstić information content (AvgIpc) is 2.89. The van der Waals surface area contributed by atoms with Crippen LogP contribution in [0.5, 0.6) is 11.5 Å². The van der Waals surface area contributed by atoms with E-state index in [4.69, 9.17) is 14.2 Å². The number of esters is 1. The summed E-state index contributed by atoms with van der Waals surface area (Å²) in [4.78, 5) is 15.8. The van der Waals surface area contributed by atoms with Crippen LogP contribution < -0.4 is 9.47 Å². The maximum Gasteiger partial charge on any atom is 0.351 e. The molecule has 0 radical (unpaired) electrons. The van der Waals surface area contributed by atoms with Gasteiger partial charge < -0.3 is 14.2 Å². The summed E-state index contributed by atoms with van der Waals surface area (Å²) in [6.45, 7) is 2.76. The first-order valence-electron chi connectivity index (χ1n) is 7.87. The summed E-state index contributed by atoms with van der Waals surface area (Å²) in [6, 6.07) is 11.2. The second kappa shape index (κ2) is 8.51. The monoisotopic (exact) mass is 479 g/mol. The van der Waals surface area contributed by atoms with E-state index in [0.717, 1.165) is 11.3 Å². The van der Waals surface area contributed by atoms with Gasteiger partial charge in [0.1, 0.15) is 16.8 Å². The van der Waals surface area contributed by atoms with E-state index in [0.29, 0.717) is 39.4 Å². The summed E-state index contributed by atoms with van der Waals surface area (Å²) in [6.07, 6.45) is 3.48. The van der Waals surface area contributed by atoms with Crippen LogP contribution in [0.3, 0.4) is 0 Å². The molecule has 0 fully saturated rings. The Bertz CT molecular complexity index is 878. The third-order valence-corrected chi connectivity index (χ3v) is 5.50. The minimum atomic E-state index is -0.427. The molecule has 1 aromatic carbocycles. The third kappa shape index (κ3) is 4.34. The highest BCUT2D eigenvalue weighted by Gasteiger charge is 2.26. The molecule has 0 saturated heterocycles. The number of carbonyl (C=O) groups excluding carboxylic acids is 1. The fraction of sp³-hybridized carbons (Fsp3) is 0.158. The van der Waals surface area contributed by atoms with Crippen molar-refractivity contribution in [2.24, 2.45) is 0 Å². The molecule has 2 heterocycles. The summed E-state index contributed by atoms with van der Waals surface area (Å²) in [7, 11) is 0. The molecule has 0 saturated carbocycles. The number of nitrogens with zero attached hydrogens (tertiary/aromatic N) is 1. The number of hydrogen-bond donors (Lipinski definition) is 0. The van der Waals surface area contributed by atoms with Gasteiger partial charge in [-0.05, 0) is 74.7 Å². The highest BCUT2D eigenvalue weighted by atomic mass is 79.9. The molecule has 2 aromatic rings. The first kappa shape index (κ1) is 18.7. The lowest BCUT2D eigenvalue weighted by molar-refractivity contribution is -0.132. The van der Waals surface area contributed by atoms with Crippen molar-refractivity contribution in [1.82, 2.24) is 4.98 Å². The van der Waals surface area contributed by atoms with E-state index in [9.17, 15) is 4.79 Å². The molecule has 0 bridgehead atoms. The SMILES string of the molecule is CCOc1cc(/C=C2\OC(=O)C(Br)=C2Br)ccc1OCc1ccccn1. The highest BCUT2D eigenvalue weighted by molar-refractivity contribution is 9.14. The highest BCUT2D eigenvalue weighted by Crippen LogP contribution is 2.36. The lowest BCUT2D eigenvalue weighted by Gasteiger charge is -2.12. The average molecular weight is 481 g/mol. The van der Waals surface area contributed by atoms with Gasteiger partial charge in [-0.1, -0.05) is 12.1 Å². The number of allylic oxidation sites excluding steroid dienone is 1. The van der Waals surface area contributed by atoms with Crippen LogP contribution in [-0.2, 0) is 16.1 Å². The van der Waals surface area contributed by atoms with Gasteiger partial charge in [-0.15, -0.1) is 0 Å². The van der Waals surface area contributed by atoms with Crippen LogP contribution in [0.1, 0.15) is 18.2 Å². The van der Waals surface area contributed by atoms with E-state index >= 15 is 0 Å². The van der Waals surface area contributed by atoms with E-state index in [1.54, 1.807) is 12.3 Å². The molecule has 0 spiro atoms. The van der Waals surface area contributed by atoms with Crippen molar-refractivity contribution in [3.8, 4) is 11.5 Å². The molecule has 7 heteroatoms. The lowest BCUT2D eigenvalue weighted by atomic mass is 10.1. The van der Waals surface area contributed by atoms with Crippen LogP contribution in [0.2, 0.25) is 0 Å². The van der Waals surface area contributed by atoms with Crippen molar-refractivity contribution in [2.75, 3.05) is 6.61 Å². The fourth-order valence-corrected chi connectivity index (χ4v) is 2.90. The summed E-state index contributed by atoms with van der Waals surface area (Å²) < 4.78 is 17.7. The van der Waals surface area contributed by atoms with Crippen LogP contribution in [0.15, 0.2) is 57.3 Å². The molecule has 1 aliphatic heterocycles. The molecule has 0 aliphatic carbocycles. The van der Waals surface area contributed by atoms with Crippen LogP contribution >= 0.6 is 31.9 Å². The summed E-state index contributed by atoms with van der Waals surface area (Å²) in [5.74, 6) is 1.25. The molecule has 0 N–H and O–H groups in total. The van der Waals surface area contributed by atoms with Gasteiger partial charge in [0, 0.05) is 6.20 Å². The lowest BCUT2D eigenvalue weighted by Crippen LogP contribution is -2.01. The minimum Gasteiger partial charge on any atom is -0.490 e. The molecular weight excluding hydrogens is 466 g/mol. The van der Waals surface area contributed by atoms with Crippen molar-refractivity contribution in [3.05, 3.63) is 68.6 Å². The second-order valence-corrected chi connectivity index (χ2v) is 6.86. The van der Waals surface area contributed by atoms with Gasteiger partial charge in [-0.25, -0.2) is 4.79 Å². The zero-order chi connectivity index (χ0) is 18.5. The molecule has 1 aliphatic rings. The number of aromatic nitrogens is 1. The maximum absolute atomic E-state index is 11.6. The summed E-state index contributed by atoms with van der Waals surface area (Å²) in [5.41, 5.74) is 1.65. The van der Waals surface area contributed by atoms with Crippen molar-refractivity contribution >= 4 is 43.9 Å². The van der Waals surface area contributed by atoms with E-state index in [-0.39, 0.29) is 0 Å². The van der Waals surface area contributed by atoms with Gasteiger partial charge in [-0.3, -0.25) is 4.98 Å². The second-order valence-electron chi connectivity index (χ2n) is 5.28. The molecule has 134 valence electrons. The molecular formula is C19H15Br2NO4. The smallest absolute Gasteiger partial charge is 0.351 e. The van der Waals surface area contributed by atoms with Crippen LogP contribution in [0.25, 0.3) is 6.08 Å². The molecule has 3 rings (SSSR count). The first-order valence-corrected chi connectivity index (χ1v) is 9.46. The van der Waals surface area contributed by atoms with Crippen molar-refractivity contribution in [3.63, 3.8) is 0 Å². The molecule has 0 atom stereocenters. The number of benzene rings is 1. The maximum atomic E-state index is 11.6. The third-order valence-electron chi connectivity index (χ3n) is 3.46. The Balaban J connectivity index is 1.82. The largest absolute Gasteiger partial charge is 0.490 e.